The molecule has 8 heteroatoms. The third-order valence-corrected chi connectivity index (χ3v) is 4.44. The molecule has 1 amide bonds. The summed E-state index contributed by atoms with van der Waals surface area (Å²) in [4.78, 5) is 51.4. The molecule has 1 aromatic rings. The molecule has 136 valence electrons. The van der Waals surface area contributed by atoms with Crippen LogP contribution >= 0.6 is 0 Å². The zero-order valence-corrected chi connectivity index (χ0v) is 14.5. The predicted molar refractivity (Wildman–Crippen MR) is 94.6 cm³/mol. The maximum absolute atomic E-state index is 12.5. The van der Waals surface area contributed by atoms with Crippen molar-refractivity contribution in [1.29, 1.82) is 0 Å². The molecule has 8 nitrogen and oxygen atoms in total. The van der Waals surface area contributed by atoms with Gasteiger partial charge in [0.1, 0.15) is 6.54 Å². The molecule has 2 rings (SSSR count). The largest absolute Gasteiger partial charge is 0.341 e. The first-order chi connectivity index (χ1) is 11.9. The fourth-order valence-corrected chi connectivity index (χ4v) is 2.88. The first-order valence-electron chi connectivity index (χ1n) is 8.34. The Morgan fingerprint density at radius 2 is 1.40 bits per heavy atom. The molecule has 1 aliphatic heterocycles. The van der Waals surface area contributed by atoms with Gasteiger partial charge in [0.2, 0.25) is 5.91 Å². The minimum Gasteiger partial charge on any atom is -0.341 e. The lowest BCUT2D eigenvalue weighted by molar-refractivity contribution is -0.133. The Labute approximate surface area is 145 Å². The number of allylic oxidation sites excluding steroid dienone is 2. The number of hydrogen-bond acceptors (Lipinski definition) is 4. The maximum atomic E-state index is 12.5. The van der Waals surface area contributed by atoms with E-state index >= 15 is 0 Å². The summed E-state index contributed by atoms with van der Waals surface area (Å²) in [5, 5.41) is 0. The van der Waals surface area contributed by atoms with Crippen LogP contribution in [0.15, 0.2) is 39.7 Å². The van der Waals surface area contributed by atoms with Gasteiger partial charge in [-0.15, -0.1) is 13.2 Å². The molecule has 1 aromatic heterocycles. The summed E-state index contributed by atoms with van der Waals surface area (Å²) in [6, 6.07) is 0. The van der Waals surface area contributed by atoms with E-state index in [9.17, 15) is 19.2 Å². The zero-order chi connectivity index (χ0) is 18.6. The Balaban J connectivity index is 2.42. The lowest BCUT2D eigenvalue weighted by Crippen LogP contribution is -2.56. The highest BCUT2D eigenvalue weighted by atomic mass is 16.2. The van der Waals surface area contributed by atoms with Gasteiger partial charge in [0.15, 0.2) is 0 Å². The fourth-order valence-electron chi connectivity index (χ4n) is 2.88. The van der Waals surface area contributed by atoms with Gasteiger partial charge in [-0.05, 0) is 18.8 Å². The average molecular weight is 348 g/mol. The third-order valence-electron chi connectivity index (χ3n) is 4.44. The average Bonchev–Trinajstić information content (AvgIpc) is 2.60. The van der Waals surface area contributed by atoms with E-state index < -0.39 is 17.1 Å². The normalized spacial score (nSPS) is 15.2. The summed E-state index contributed by atoms with van der Waals surface area (Å²) < 4.78 is 2.60. The van der Waals surface area contributed by atoms with Gasteiger partial charge in [-0.3, -0.25) is 4.79 Å². The van der Waals surface area contributed by atoms with Gasteiger partial charge >= 0.3 is 17.1 Å². The molecule has 1 saturated heterocycles. The lowest BCUT2D eigenvalue weighted by atomic mass is 9.99. The van der Waals surface area contributed by atoms with Crippen molar-refractivity contribution in [1.82, 2.24) is 18.6 Å². The number of piperidine rings is 1. The van der Waals surface area contributed by atoms with Crippen molar-refractivity contribution in [3.05, 3.63) is 56.8 Å². The van der Waals surface area contributed by atoms with Crippen molar-refractivity contribution in [2.75, 3.05) is 13.1 Å². The van der Waals surface area contributed by atoms with Crippen LogP contribution in [0, 0.1) is 5.92 Å². The number of nitrogens with zero attached hydrogens (tertiary/aromatic N) is 4. The fraction of sp³-hybridized carbons (Fsp3) is 0.529. The predicted octanol–water partition coefficient (Wildman–Crippen LogP) is -0.198. The van der Waals surface area contributed by atoms with Gasteiger partial charge in [-0.2, -0.15) is 0 Å². The molecule has 2 heterocycles. The topological polar surface area (TPSA) is 86.3 Å². The van der Waals surface area contributed by atoms with Gasteiger partial charge in [0.25, 0.3) is 0 Å². The molecule has 0 atom stereocenters. The monoisotopic (exact) mass is 348 g/mol. The van der Waals surface area contributed by atoms with Gasteiger partial charge in [-0.1, -0.05) is 19.1 Å². The Hall–Kier alpha value is -2.64. The molecule has 0 radical (unpaired) electrons. The highest BCUT2D eigenvalue weighted by Gasteiger charge is 2.23. The summed E-state index contributed by atoms with van der Waals surface area (Å²) in [5.41, 5.74) is -2.33. The number of likely N-dealkylation sites (tertiary alicyclic amines) is 1. The molecule has 0 aromatic carbocycles. The minimum atomic E-state index is -0.797. The van der Waals surface area contributed by atoms with Crippen LogP contribution in [-0.2, 0) is 24.4 Å². The standard InChI is InChI=1S/C17H24N4O4/c1-4-8-19-15(23)20(9-5-2)17(25)21(16(19)24)12-14(22)18-10-6-13(3)7-11-18/h4-5,13H,1-2,6-12H2,3H3. The summed E-state index contributed by atoms with van der Waals surface area (Å²) in [6.07, 6.45) is 4.59. The van der Waals surface area contributed by atoms with Crippen LogP contribution < -0.4 is 17.1 Å². The number of amides is 1. The lowest BCUT2D eigenvalue weighted by Gasteiger charge is -2.30. The number of carbonyl (C=O) groups is 1. The first-order valence-corrected chi connectivity index (χ1v) is 8.34. The Morgan fingerprint density at radius 1 is 0.960 bits per heavy atom. The second-order valence-corrected chi connectivity index (χ2v) is 6.30. The number of rotatable bonds is 6. The van der Waals surface area contributed by atoms with E-state index in [2.05, 4.69) is 20.1 Å². The van der Waals surface area contributed by atoms with E-state index in [-0.39, 0.29) is 25.5 Å². The van der Waals surface area contributed by atoms with E-state index in [1.165, 1.54) is 12.2 Å². The summed E-state index contributed by atoms with van der Waals surface area (Å²) in [7, 11) is 0. The van der Waals surface area contributed by atoms with Crippen LogP contribution in [0.5, 0.6) is 0 Å². The minimum absolute atomic E-state index is 0.0372. The van der Waals surface area contributed by atoms with E-state index in [0.29, 0.717) is 19.0 Å². The summed E-state index contributed by atoms with van der Waals surface area (Å²) in [5.74, 6) is 0.270. The molecular formula is C17H24N4O4. The van der Waals surface area contributed by atoms with Crippen molar-refractivity contribution in [3.63, 3.8) is 0 Å². The molecule has 0 saturated carbocycles. The zero-order valence-electron chi connectivity index (χ0n) is 14.5. The molecule has 25 heavy (non-hydrogen) atoms. The highest BCUT2D eigenvalue weighted by molar-refractivity contribution is 5.76. The molecule has 0 N–H and O–H groups in total. The van der Waals surface area contributed by atoms with Crippen molar-refractivity contribution < 1.29 is 4.79 Å². The molecule has 0 unspecified atom stereocenters. The number of carbonyl (C=O) groups excluding carboxylic acids is 1. The maximum Gasteiger partial charge on any atom is 0.337 e. The van der Waals surface area contributed by atoms with Crippen LogP contribution in [0.2, 0.25) is 0 Å². The molecule has 0 aliphatic carbocycles. The van der Waals surface area contributed by atoms with Crippen molar-refractivity contribution in [2.45, 2.75) is 39.4 Å². The van der Waals surface area contributed by atoms with Crippen LogP contribution in [-0.4, -0.2) is 37.6 Å². The van der Waals surface area contributed by atoms with Crippen LogP contribution in [0.1, 0.15) is 19.8 Å². The molecule has 1 aliphatic rings. The van der Waals surface area contributed by atoms with Crippen molar-refractivity contribution in [2.24, 2.45) is 5.92 Å². The highest BCUT2D eigenvalue weighted by Crippen LogP contribution is 2.15. The summed E-state index contributed by atoms with van der Waals surface area (Å²) in [6.45, 7) is 9.94. The molecular weight excluding hydrogens is 324 g/mol. The van der Waals surface area contributed by atoms with E-state index in [1.54, 1.807) is 4.90 Å². The summed E-state index contributed by atoms with van der Waals surface area (Å²) >= 11 is 0. The SMILES string of the molecule is C=CCn1c(=O)n(CC=C)c(=O)n(CC(=O)N2CCC(C)CC2)c1=O. The van der Waals surface area contributed by atoms with Gasteiger partial charge in [0.05, 0.1) is 13.1 Å². The second kappa shape index (κ2) is 7.96. The second-order valence-electron chi connectivity index (χ2n) is 6.30. The van der Waals surface area contributed by atoms with Gasteiger partial charge < -0.3 is 4.90 Å². The smallest absolute Gasteiger partial charge is 0.337 e. The first kappa shape index (κ1) is 18.7. The third kappa shape index (κ3) is 3.89. The Bertz CT molecular complexity index is 789. The van der Waals surface area contributed by atoms with E-state index in [1.807, 2.05) is 0 Å². The van der Waals surface area contributed by atoms with Gasteiger partial charge in [-0.25, -0.2) is 28.1 Å². The van der Waals surface area contributed by atoms with Gasteiger partial charge in [0, 0.05) is 13.1 Å². The molecule has 1 fully saturated rings. The number of aromatic nitrogens is 3. The number of hydrogen-bond donors (Lipinski definition) is 0. The molecule has 0 bridgehead atoms. The van der Waals surface area contributed by atoms with E-state index in [4.69, 9.17) is 0 Å². The van der Waals surface area contributed by atoms with Crippen molar-refractivity contribution in [3.8, 4) is 0 Å². The quantitative estimate of drug-likeness (QED) is 0.667. The van der Waals surface area contributed by atoms with Crippen LogP contribution in [0.4, 0.5) is 0 Å². The Kier molecular flexibility index (Phi) is 5.95. The van der Waals surface area contributed by atoms with E-state index in [0.717, 1.165) is 26.5 Å². The van der Waals surface area contributed by atoms with Crippen LogP contribution in [0.25, 0.3) is 0 Å². The molecule has 0 spiro atoms. The Morgan fingerprint density at radius 3 is 1.84 bits per heavy atom. The van der Waals surface area contributed by atoms with Crippen LogP contribution in [0.3, 0.4) is 0 Å². The van der Waals surface area contributed by atoms with Crippen molar-refractivity contribution >= 4 is 5.91 Å².